The van der Waals surface area contributed by atoms with E-state index in [1.807, 2.05) is 12.1 Å². The van der Waals surface area contributed by atoms with Crippen LogP contribution in [0.1, 0.15) is 37.4 Å². The van der Waals surface area contributed by atoms with Crippen molar-refractivity contribution in [2.75, 3.05) is 0 Å². The second kappa shape index (κ2) is 4.85. The molecule has 5 heteroatoms. The summed E-state index contributed by atoms with van der Waals surface area (Å²) in [6, 6.07) is 5.48. The molecule has 2 N–H and O–H groups in total. The van der Waals surface area contributed by atoms with Gasteiger partial charge in [-0.15, -0.1) is 0 Å². The minimum absolute atomic E-state index is 0.0163. The average molecular weight is 279 g/mol. The molecule has 2 aromatic rings. The number of carboxylic acid groups (broad SMARTS) is 1. The maximum absolute atomic E-state index is 11.3. The highest BCUT2D eigenvalue weighted by atomic mass is 35.5. The molecular formula is C14H15ClN2O2. The number of imidazole rings is 1. The van der Waals surface area contributed by atoms with Crippen molar-refractivity contribution >= 4 is 28.6 Å². The minimum Gasteiger partial charge on any atom is -0.481 e. The van der Waals surface area contributed by atoms with Crippen LogP contribution in [-0.2, 0) is 4.79 Å². The molecule has 0 bridgehead atoms. The van der Waals surface area contributed by atoms with Gasteiger partial charge in [0.25, 0.3) is 0 Å². The molecule has 1 aliphatic carbocycles. The van der Waals surface area contributed by atoms with Gasteiger partial charge in [-0.05, 0) is 31.0 Å². The SMILES string of the molecule is O=C(O)[C@H]1CCCC[C@H]1c1nc2ccc(Cl)cc2[nH]1. The number of nitrogens with one attached hydrogen (secondary N) is 1. The Balaban J connectivity index is 1.99. The molecule has 4 nitrogen and oxygen atoms in total. The smallest absolute Gasteiger partial charge is 0.307 e. The van der Waals surface area contributed by atoms with Gasteiger partial charge >= 0.3 is 5.97 Å². The number of aromatic nitrogens is 2. The summed E-state index contributed by atoms with van der Waals surface area (Å²) >= 11 is 5.95. The number of benzene rings is 1. The molecule has 1 fully saturated rings. The van der Waals surface area contributed by atoms with E-state index in [-0.39, 0.29) is 11.8 Å². The molecular weight excluding hydrogens is 264 g/mol. The number of halogens is 1. The summed E-state index contributed by atoms with van der Waals surface area (Å²) in [5.74, 6) is -0.283. The van der Waals surface area contributed by atoms with Gasteiger partial charge in [-0.2, -0.15) is 0 Å². The van der Waals surface area contributed by atoms with E-state index in [4.69, 9.17) is 11.6 Å². The summed E-state index contributed by atoms with van der Waals surface area (Å²) in [6.45, 7) is 0. The molecule has 1 aromatic heterocycles. The minimum atomic E-state index is -0.719. The number of fused-ring (bicyclic) bond motifs is 1. The molecule has 0 unspecified atom stereocenters. The summed E-state index contributed by atoms with van der Waals surface area (Å²) in [4.78, 5) is 19.1. The van der Waals surface area contributed by atoms with Crippen LogP contribution in [0.5, 0.6) is 0 Å². The third-order valence-electron chi connectivity index (χ3n) is 3.90. The Bertz CT molecular complexity index is 623. The number of carboxylic acids is 1. The van der Waals surface area contributed by atoms with Crippen LogP contribution < -0.4 is 0 Å². The summed E-state index contributed by atoms with van der Waals surface area (Å²) in [6.07, 6.45) is 3.66. The zero-order valence-corrected chi connectivity index (χ0v) is 11.2. The zero-order chi connectivity index (χ0) is 13.4. The molecule has 2 atom stereocenters. The molecule has 0 saturated heterocycles. The number of aromatic amines is 1. The number of rotatable bonds is 2. The fraction of sp³-hybridized carbons (Fsp3) is 0.429. The van der Waals surface area contributed by atoms with E-state index in [2.05, 4.69) is 9.97 Å². The van der Waals surface area contributed by atoms with E-state index in [0.29, 0.717) is 5.02 Å². The topological polar surface area (TPSA) is 66.0 Å². The Morgan fingerprint density at radius 1 is 1.37 bits per heavy atom. The van der Waals surface area contributed by atoms with Crippen LogP contribution in [0.2, 0.25) is 5.02 Å². The van der Waals surface area contributed by atoms with Crippen LogP contribution in [0, 0.1) is 5.92 Å². The van der Waals surface area contributed by atoms with Crippen molar-refractivity contribution in [3.05, 3.63) is 29.0 Å². The molecule has 100 valence electrons. The largest absolute Gasteiger partial charge is 0.481 e. The quantitative estimate of drug-likeness (QED) is 0.882. The first-order chi connectivity index (χ1) is 9.15. The first-order valence-electron chi connectivity index (χ1n) is 6.53. The standard InChI is InChI=1S/C14H15ClN2O2/c15-8-5-6-11-12(7-8)17-13(16-11)9-3-1-2-4-10(9)14(18)19/h5-7,9-10H,1-4H2,(H,16,17)(H,18,19)/t9-,10+/m1/s1. The third-order valence-corrected chi connectivity index (χ3v) is 4.13. The van der Waals surface area contributed by atoms with Gasteiger partial charge in [-0.3, -0.25) is 4.79 Å². The number of H-pyrrole nitrogens is 1. The predicted octanol–water partition coefficient (Wildman–Crippen LogP) is 3.57. The van der Waals surface area contributed by atoms with Gasteiger partial charge < -0.3 is 10.1 Å². The second-order valence-corrected chi connectivity index (χ2v) is 5.56. The van der Waals surface area contributed by atoms with Gasteiger partial charge in [0.05, 0.1) is 17.0 Å². The summed E-state index contributed by atoms with van der Waals surface area (Å²) in [5.41, 5.74) is 1.71. The molecule has 19 heavy (non-hydrogen) atoms. The van der Waals surface area contributed by atoms with Crippen molar-refractivity contribution in [3.8, 4) is 0 Å². The van der Waals surface area contributed by atoms with E-state index in [1.165, 1.54) is 0 Å². The highest BCUT2D eigenvalue weighted by Gasteiger charge is 2.33. The van der Waals surface area contributed by atoms with Crippen LogP contribution in [0.25, 0.3) is 11.0 Å². The van der Waals surface area contributed by atoms with Gasteiger partial charge in [0.2, 0.25) is 0 Å². The monoisotopic (exact) mass is 278 g/mol. The number of aliphatic carboxylic acids is 1. The number of hydrogen-bond donors (Lipinski definition) is 2. The molecule has 0 radical (unpaired) electrons. The highest BCUT2D eigenvalue weighted by molar-refractivity contribution is 6.31. The maximum atomic E-state index is 11.3. The van der Waals surface area contributed by atoms with E-state index >= 15 is 0 Å². The Kier molecular flexibility index (Phi) is 3.19. The molecule has 0 amide bonds. The molecule has 1 heterocycles. The number of hydrogen-bond acceptors (Lipinski definition) is 2. The number of nitrogens with zero attached hydrogens (tertiary/aromatic N) is 1. The third kappa shape index (κ3) is 2.32. The van der Waals surface area contributed by atoms with Crippen LogP contribution in [0.15, 0.2) is 18.2 Å². The van der Waals surface area contributed by atoms with Crippen molar-refractivity contribution in [1.82, 2.24) is 9.97 Å². The van der Waals surface area contributed by atoms with Crippen molar-refractivity contribution in [2.45, 2.75) is 31.6 Å². The molecule has 1 aliphatic rings. The van der Waals surface area contributed by atoms with Gasteiger partial charge in [0.1, 0.15) is 5.82 Å². The van der Waals surface area contributed by atoms with Crippen LogP contribution in [0.4, 0.5) is 0 Å². The lowest BCUT2D eigenvalue weighted by molar-refractivity contribution is -0.143. The summed E-state index contributed by atoms with van der Waals surface area (Å²) < 4.78 is 0. The van der Waals surface area contributed by atoms with Crippen LogP contribution in [0.3, 0.4) is 0 Å². The Morgan fingerprint density at radius 2 is 2.16 bits per heavy atom. The maximum Gasteiger partial charge on any atom is 0.307 e. The molecule has 0 aliphatic heterocycles. The molecule has 1 aromatic carbocycles. The highest BCUT2D eigenvalue weighted by Crippen LogP contribution is 2.37. The number of carbonyl (C=O) groups is 1. The Labute approximate surface area is 115 Å². The lowest BCUT2D eigenvalue weighted by atomic mass is 9.79. The van der Waals surface area contributed by atoms with Gasteiger partial charge in [-0.25, -0.2) is 4.98 Å². The van der Waals surface area contributed by atoms with Gasteiger partial charge in [0.15, 0.2) is 0 Å². The van der Waals surface area contributed by atoms with Crippen LogP contribution >= 0.6 is 11.6 Å². The Morgan fingerprint density at radius 3 is 2.95 bits per heavy atom. The fourth-order valence-electron chi connectivity index (χ4n) is 2.93. The van der Waals surface area contributed by atoms with Crippen LogP contribution in [-0.4, -0.2) is 21.0 Å². The van der Waals surface area contributed by atoms with E-state index in [9.17, 15) is 9.90 Å². The van der Waals surface area contributed by atoms with Gasteiger partial charge in [-0.1, -0.05) is 24.4 Å². The second-order valence-electron chi connectivity index (χ2n) is 5.12. The average Bonchev–Trinajstić information content (AvgIpc) is 2.81. The predicted molar refractivity (Wildman–Crippen MR) is 73.4 cm³/mol. The summed E-state index contributed by atoms with van der Waals surface area (Å²) in [7, 11) is 0. The van der Waals surface area contributed by atoms with Crippen molar-refractivity contribution < 1.29 is 9.90 Å². The lowest BCUT2D eigenvalue weighted by Gasteiger charge is -2.26. The van der Waals surface area contributed by atoms with E-state index in [1.54, 1.807) is 6.07 Å². The van der Waals surface area contributed by atoms with E-state index < -0.39 is 5.97 Å². The first kappa shape index (κ1) is 12.5. The molecule has 0 spiro atoms. The molecule has 3 rings (SSSR count). The van der Waals surface area contributed by atoms with Gasteiger partial charge in [0, 0.05) is 10.9 Å². The lowest BCUT2D eigenvalue weighted by Crippen LogP contribution is -2.26. The summed E-state index contributed by atoms with van der Waals surface area (Å²) in [5, 5.41) is 9.98. The molecule has 1 saturated carbocycles. The van der Waals surface area contributed by atoms with Crippen molar-refractivity contribution in [2.24, 2.45) is 5.92 Å². The van der Waals surface area contributed by atoms with E-state index in [0.717, 1.165) is 42.5 Å². The zero-order valence-electron chi connectivity index (χ0n) is 10.4. The fourth-order valence-corrected chi connectivity index (χ4v) is 3.10. The van der Waals surface area contributed by atoms with Crippen molar-refractivity contribution in [1.29, 1.82) is 0 Å². The first-order valence-corrected chi connectivity index (χ1v) is 6.91. The normalized spacial score (nSPS) is 23.6. The Hall–Kier alpha value is -1.55. The van der Waals surface area contributed by atoms with Crippen molar-refractivity contribution in [3.63, 3.8) is 0 Å².